The molecule has 100 valence electrons. The zero-order chi connectivity index (χ0) is 13.7. The van der Waals surface area contributed by atoms with E-state index in [1.165, 1.54) is 6.20 Å². The number of carbonyl (C=O) groups excluding carboxylic acids is 1. The van der Waals surface area contributed by atoms with Gasteiger partial charge in [0.15, 0.2) is 0 Å². The number of carbonyl (C=O) groups is 1. The Balaban J connectivity index is -0.000000320. The Morgan fingerprint density at radius 1 is 1.39 bits per heavy atom. The van der Waals surface area contributed by atoms with Gasteiger partial charge >= 0.3 is 46.0 Å². The van der Waals surface area contributed by atoms with Crippen molar-refractivity contribution < 1.29 is 58.0 Å². The topological polar surface area (TPSA) is 119 Å². The first-order valence-electron chi connectivity index (χ1n) is 4.42. The van der Waals surface area contributed by atoms with Gasteiger partial charge in [0.2, 0.25) is 0 Å². The van der Waals surface area contributed by atoms with E-state index in [-0.39, 0.29) is 31.0 Å². The summed E-state index contributed by atoms with van der Waals surface area (Å²) in [5.74, 6) is 0. The van der Waals surface area contributed by atoms with Gasteiger partial charge in [0.1, 0.15) is 5.60 Å². The second-order valence-corrected chi connectivity index (χ2v) is 4.77. The third-order valence-corrected chi connectivity index (χ3v) is 1.08. The van der Waals surface area contributed by atoms with Gasteiger partial charge in [-0.3, -0.25) is 9.11 Å². The van der Waals surface area contributed by atoms with Crippen LogP contribution in [0.1, 0.15) is 22.2 Å². The molecule has 0 unspecified atom stereocenters. The first kappa shape index (κ1) is 19.9. The molecule has 1 aromatic heterocycles. The summed E-state index contributed by atoms with van der Waals surface area (Å²) in [7, 11) is -4.67. The van der Waals surface area contributed by atoms with Crippen LogP contribution < -0.4 is 29.6 Å². The van der Waals surface area contributed by atoms with Crippen molar-refractivity contribution in [2.75, 3.05) is 0 Å². The van der Waals surface area contributed by atoms with Crippen molar-refractivity contribution in [3.63, 3.8) is 0 Å². The molecule has 0 aliphatic carbocycles. The molecule has 0 atom stereocenters. The largest absolute Gasteiger partial charge is 1.00 e. The fourth-order valence-electron chi connectivity index (χ4n) is 0.686. The van der Waals surface area contributed by atoms with Crippen LogP contribution in [0.25, 0.3) is 0 Å². The van der Waals surface area contributed by atoms with Crippen molar-refractivity contribution in [2.45, 2.75) is 26.4 Å². The number of nitrogens with zero attached hydrogens (tertiary/aromatic N) is 2. The standard InChI is InChI=1S/C8H12N2O2.Na.H2O4S.H/c1-8(2,3)12-7(11)10-6-4-5-9-10;;1-5(2,3)4;/h4-6H,1-3H3;;(H2,1,2,3,4);/q;+1;;-1. The van der Waals surface area contributed by atoms with E-state index >= 15 is 0 Å². The molecule has 8 nitrogen and oxygen atoms in total. The van der Waals surface area contributed by atoms with Crippen LogP contribution in [-0.2, 0) is 15.1 Å². The van der Waals surface area contributed by atoms with Crippen LogP contribution in [0.4, 0.5) is 4.79 Å². The third-order valence-electron chi connectivity index (χ3n) is 1.08. The molecule has 0 bridgehead atoms. The second kappa shape index (κ2) is 7.87. The van der Waals surface area contributed by atoms with E-state index in [0.29, 0.717) is 0 Å². The van der Waals surface area contributed by atoms with Crippen molar-refractivity contribution >= 4 is 16.5 Å². The molecule has 2 N–H and O–H groups in total. The molecule has 1 heterocycles. The Morgan fingerprint density at radius 3 is 2.11 bits per heavy atom. The summed E-state index contributed by atoms with van der Waals surface area (Å²) in [6.07, 6.45) is 2.63. The smallest absolute Gasteiger partial charge is 1.00 e. The molecule has 10 heteroatoms. The van der Waals surface area contributed by atoms with Crippen LogP contribution in [-0.4, -0.2) is 39.0 Å². The molecule has 1 rings (SSSR count). The zero-order valence-electron chi connectivity index (χ0n) is 11.6. The molecule has 18 heavy (non-hydrogen) atoms. The fraction of sp³-hybridized carbons (Fsp3) is 0.500. The molecule has 0 aliphatic rings. The van der Waals surface area contributed by atoms with Gasteiger partial charge in [0, 0.05) is 12.4 Å². The maximum atomic E-state index is 11.2. The molecule has 0 fully saturated rings. The predicted molar refractivity (Wildman–Crippen MR) is 59.1 cm³/mol. The second-order valence-electron chi connectivity index (χ2n) is 3.88. The van der Waals surface area contributed by atoms with Crippen LogP contribution >= 0.6 is 0 Å². The maximum Gasteiger partial charge on any atom is 1.00 e. The first-order valence-corrected chi connectivity index (χ1v) is 5.81. The van der Waals surface area contributed by atoms with E-state index in [4.69, 9.17) is 22.3 Å². The SMILES string of the molecule is CC(C)(C)OC(=O)n1cccn1.O=S(=O)(O)O.[H-].[Na+]. The Labute approximate surface area is 129 Å². The Hall–Kier alpha value is -0.450. The summed E-state index contributed by atoms with van der Waals surface area (Å²) in [6.45, 7) is 5.44. The normalized spacial score (nSPS) is 10.7. The van der Waals surface area contributed by atoms with E-state index in [1.807, 2.05) is 20.8 Å². The molecule has 0 saturated carbocycles. The van der Waals surface area contributed by atoms with Crippen LogP contribution in [0.5, 0.6) is 0 Å². The minimum absolute atomic E-state index is 0. The fourth-order valence-corrected chi connectivity index (χ4v) is 0.686. The summed E-state index contributed by atoms with van der Waals surface area (Å²) in [4.78, 5) is 11.2. The number of hydrogen-bond donors (Lipinski definition) is 2. The molecule has 0 aromatic carbocycles. The molecular formula is C8H15N2NaO6S. The Bertz CT molecular complexity index is 448. The van der Waals surface area contributed by atoms with E-state index in [9.17, 15) is 4.79 Å². The number of aromatic nitrogens is 2. The van der Waals surface area contributed by atoms with Crippen LogP contribution in [0.3, 0.4) is 0 Å². The van der Waals surface area contributed by atoms with E-state index < -0.39 is 22.1 Å². The number of ether oxygens (including phenoxy) is 1. The van der Waals surface area contributed by atoms with Crippen LogP contribution in [0.2, 0.25) is 0 Å². The average Bonchev–Trinajstić information content (AvgIpc) is 2.47. The van der Waals surface area contributed by atoms with E-state index in [2.05, 4.69) is 5.10 Å². The van der Waals surface area contributed by atoms with Crippen molar-refractivity contribution in [3.05, 3.63) is 18.5 Å². The van der Waals surface area contributed by atoms with E-state index in [0.717, 1.165) is 4.68 Å². The van der Waals surface area contributed by atoms with Crippen LogP contribution in [0, 0.1) is 0 Å². The summed E-state index contributed by atoms with van der Waals surface area (Å²) >= 11 is 0. The average molecular weight is 290 g/mol. The molecule has 0 spiro atoms. The minimum Gasteiger partial charge on any atom is -1.00 e. The van der Waals surface area contributed by atoms with Gasteiger partial charge in [-0.05, 0) is 26.8 Å². The van der Waals surface area contributed by atoms with Gasteiger partial charge in [-0.25, -0.2) is 4.79 Å². The van der Waals surface area contributed by atoms with Gasteiger partial charge in [-0.2, -0.15) is 18.2 Å². The summed E-state index contributed by atoms with van der Waals surface area (Å²) in [5, 5.41) is 3.74. The van der Waals surface area contributed by atoms with Gasteiger partial charge < -0.3 is 6.16 Å². The molecule has 0 aliphatic heterocycles. The van der Waals surface area contributed by atoms with Gasteiger partial charge in [0.25, 0.3) is 0 Å². The molecule has 0 radical (unpaired) electrons. The molecule has 0 amide bonds. The van der Waals surface area contributed by atoms with Gasteiger partial charge in [-0.1, -0.05) is 0 Å². The van der Waals surface area contributed by atoms with E-state index in [1.54, 1.807) is 12.3 Å². The van der Waals surface area contributed by atoms with Crippen molar-refractivity contribution in [2.24, 2.45) is 0 Å². The molecule has 1 aromatic rings. The van der Waals surface area contributed by atoms with Crippen molar-refractivity contribution in [1.29, 1.82) is 0 Å². The quantitative estimate of drug-likeness (QED) is 0.424. The van der Waals surface area contributed by atoms with Gasteiger partial charge in [0.05, 0.1) is 0 Å². The van der Waals surface area contributed by atoms with Crippen LogP contribution in [0.15, 0.2) is 18.5 Å². The predicted octanol–water partition coefficient (Wildman–Crippen LogP) is -1.87. The first-order chi connectivity index (χ1) is 7.49. The van der Waals surface area contributed by atoms with Gasteiger partial charge in [-0.15, -0.1) is 0 Å². The van der Waals surface area contributed by atoms with Crippen molar-refractivity contribution in [3.8, 4) is 0 Å². The summed E-state index contributed by atoms with van der Waals surface area (Å²) in [6, 6.07) is 1.67. The monoisotopic (exact) mass is 290 g/mol. The van der Waals surface area contributed by atoms with Crippen molar-refractivity contribution in [1.82, 2.24) is 9.78 Å². The Morgan fingerprint density at radius 2 is 1.83 bits per heavy atom. The number of rotatable bonds is 0. The maximum absolute atomic E-state index is 11.2. The molecule has 0 saturated heterocycles. The minimum atomic E-state index is -4.67. The molecular weight excluding hydrogens is 275 g/mol. The third kappa shape index (κ3) is 13.6. The summed E-state index contributed by atoms with van der Waals surface area (Å²) in [5.41, 5.74) is -0.469. The number of hydrogen-bond acceptors (Lipinski definition) is 5. The Kier molecular flexibility index (Phi) is 8.69. The summed E-state index contributed by atoms with van der Waals surface area (Å²) < 4.78 is 37.8. The zero-order valence-corrected chi connectivity index (χ0v) is 13.4.